The second kappa shape index (κ2) is 2.76. The van der Waals surface area contributed by atoms with Gasteiger partial charge in [0, 0.05) is 25.2 Å². The number of hydrogen-bond donors (Lipinski definition) is 1. The standard InChI is InChI=1S/C9H18N2/c1-7-3-8(4-7)10-9-5-11(2)6-9/h7-10H,3-6H2,1-2H3. The Balaban J connectivity index is 1.61. The highest BCUT2D eigenvalue weighted by Gasteiger charge is 2.30. The lowest BCUT2D eigenvalue weighted by atomic mass is 9.81. The van der Waals surface area contributed by atoms with Gasteiger partial charge in [0.05, 0.1) is 0 Å². The molecule has 0 unspecified atom stereocenters. The largest absolute Gasteiger partial charge is 0.309 e. The lowest BCUT2D eigenvalue weighted by Gasteiger charge is -2.43. The predicted octanol–water partition coefficient (Wildman–Crippen LogP) is 0.688. The van der Waals surface area contributed by atoms with Crippen molar-refractivity contribution in [1.82, 2.24) is 10.2 Å². The van der Waals surface area contributed by atoms with E-state index in [1.807, 2.05) is 0 Å². The minimum atomic E-state index is 0.803. The van der Waals surface area contributed by atoms with Gasteiger partial charge in [-0.05, 0) is 25.8 Å². The number of nitrogens with zero attached hydrogens (tertiary/aromatic N) is 1. The molecule has 0 amide bonds. The third-order valence-corrected chi connectivity index (χ3v) is 2.91. The summed E-state index contributed by atoms with van der Waals surface area (Å²) in [6.45, 7) is 4.85. The van der Waals surface area contributed by atoms with Gasteiger partial charge in [-0.3, -0.25) is 0 Å². The summed E-state index contributed by atoms with van der Waals surface area (Å²) in [5, 5.41) is 3.67. The van der Waals surface area contributed by atoms with Gasteiger partial charge < -0.3 is 10.2 Å². The fourth-order valence-corrected chi connectivity index (χ4v) is 2.18. The zero-order chi connectivity index (χ0) is 7.84. The third-order valence-electron chi connectivity index (χ3n) is 2.91. The Morgan fingerprint density at radius 1 is 1.18 bits per heavy atom. The van der Waals surface area contributed by atoms with E-state index in [0.717, 1.165) is 18.0 Å². The van der Waals surface area contributed by atoms with Crippen molar-refractivity contribution in [3.63, 3.8) is 0 Å². The van der Waals surface area contributed by atoms with Gasteiger partial charge in [-0.1, -0.05) is 6.92 Å². The van der Waals surface area contributed by atoms with E-state index in [1.54, 1.807) is 0 Å². The van der Waals surface area contributed by atoms with Crippen LogP contribution in [0.2, 0.25) is 0 Å². The maximum atomic E-state index is 3.67. The third kappa shape index (κ3) is 1.57. The van der Waals surface area contributed by atoms with Crippen LogP contribution in [0.4, 0.5) is 0 Å². The first-order chi connectivity index (χ1) is 5.24. The molecule has 2 fully saturated rings. The van der Waals surface area contributed by atoms with E-state index in [9.17, 15) is 0 Å². The topological polar surface area (TPSA) is 15.3 Å². The van der Waals surface area contributed by atoms with Crippen molar-refractivity contribution in [3.8, 4) is 0 Å². The molecule has 2 nitrogen and oxygen atoms in total. The van der Waals surface area contributed by atoms with Crippen LogP contribution in [-0.4, -0.2) is 37.1 Å². The highest BCUT2D eigenvalue weighted by molar-refractivity contribution is 4.90. The monoisotopic (exact) mass is 154 g/mol. The maximum Gasteiger partial charge on any atom is 0.0324 e. The van der Waals surface area contributed by atoms with Crippen LogP contribution < -0.4 is 5.32 Å². The minimum absolute atomic E-state index is 0.803. The quantitative estimate of drug-likeness (QED) is 0.629. The molecule has 2 aliphatic rings. The summed E-state index contributed by atoms with van der Waals surface area (Å²) in [5.74, 6) is 0.977. The van der Waals surface area contributed by atoms with Crippen molar-refractivity contribution in [1.29, 1.82) is 0 Å². The molecule has 64 valence electrons. The maximum absolute atomic E-state index is 3.67. The Morgan fingerprint density at radius 2 is 1.82 bits per heavy atom. The summed E-state index contributed by atoms with van der Waals surface area (Å²) in [6, 6.07) is 1.65. The molecule has 1 N–H and O–H groups in total. The van der Waals surface area contributed by atoms with E-state index in [1.165, 1.54) is 25.9 Å². The fourth-order valence-electron chi connectivity index (χ4n) is 2.18. The van der Waals surface area contributed by atoms with Crippen LogP contribution in [0.15, 0.2) is 0 Å². The highest BCUT2D eigenvalue weighted by atomic mass is 15.2. The molecule has 0 aromatic carbocycles. The van der Waals surface area contributed by atoms with E-state index in [-0.39, 0.29) is 0 Å². The van der Waals surface area contributed by atoms with Crippen molar-refractivity contribution >= 4 is 0 Å². The Morgan fingerprint density at radius 3 is 2.27 bits per heavy atom. The van der Waals surface area contributed by atoms with E-state index < -0.39 is 0 Å². The van der Waals surface area contributed by atoms with Crippen molar-refractivity contribution in [3.05, 3.63) is 0 Å². The van der Waals surface area contributed by atoms with Gasteiger partial charge in [0.2, 0.25) is 0 Å². The van der Waals surface area contributed by atoms with Gasteiger partial charge >= 0.3 is 0 Å². The highest BCUT2D eigenvalue weighted by Crippen LogP contribution is 2.27. The molecule has 0 spiro atoms. The van der Waals surface area contributed by atoms with Crippen molar-refractivity contribution in [2.45, 2.75) is 31.8 Å². The number of hydrogen-bond acceptors (Lipinski definition) is 2. The van der Waals surface area contributed by atoms with Crippen LogP contribution in [0, 0.1) is 5.92 Å². The minimum Gasteiger partial charge on any atom is -0.309 e. The molecule has 1 saturated heterocycles. The molecule has 0 aromatic heterocycles. The van der Waals surface area contributed by atoms with Crippen LogP contribution >= 0.6 is 0 Å². The molecular formula is C9H18N2. The van der Waals surface area contributed by atoms with Crippen LogP contribution in [0.5, 0.6) is 0 Å². The second-order valence-corrected chi connectivity index (χ2v) is 4.36. The molecule has 1 aliphatic heterocycles. The van der Waals surface area contributed by atoms with E-state index >= 15 is 0 Å². The molecule has 2 rings (SSSR count). The van der Waals surface area contributed by atoms with Gasteiger partial charge in [-0.15, -0.1) is 0 Å². The average Bonchev–Trinajstić information content (AvgIpc) is 1.81. The van der Waals surface area contributed by atoms with Crippen LogP contribution in [-0.2, 0) is 0 Å². The Kier molecular flexibility index (Phi) is 1.90. The average molecular weight is 154 g/mol. The zero-order valence-electron chi connectivity index (χ0n) is 7.51. The summed E-state index contributed by atoms with van der Waals surface area (Å²) in [6.07, 6.45) is 2.81. The molecule has 1 heterocycles. The first-order valence-electron chi connectivity index (χ1n) is 4.68. The smallest absolute Gasteiger partial charge is 0.0324 e. The molecular weight excluding hydrogens is 136 g/mol. The zero-order valence-corrected chi connectivity index (χ0v) is 7.51. The normalized spacial score (nSPS) is 39.8. The van der Waals surface area contributed by atoms with Crippen LogP contribution in [0.3, 0.4) is 0 Å². The van der Waals surface area contributed by atoms with Gasteiger partial charge in [-0.25, -0.2) is 0 Å². The number of nitrogens with one attached hydrogen (secondary N) is 1. The number of likely N-dealkylation sites (tertiary alicyclic amines) is 1. The Labute approximate surface area is 69.0 Å². The summed E-state index contributed by atoms with van der Waals surface area (Å²) >= 11 is 0. The van der Waals surface area contributed by atoms with Crippen molar-refractivity contribution < 1.29 is 0 Å². The molecule has 0 radical (unpaired) electrons. The van der Waals surface area contributed by atoms with E-state index in [2.05, 4.69) is 24.2 Å². The Hall–Kier alpha value is -0.0800. The summed E-state index contributed by atoms with van der Waals surface area (Å²) in [7, 11) is 2.18. The SMILES string of the molecule is CC1CC(NC2CN(C)C2)C1. The van der Waals surface area contributed by atoms with Crippen LogP contribution in [0.1, 0.15) is 19.8 Å². The second-order valence-electron chi connectivity index (χ2n) is 4.36. The van der Waals surface area contributed by atoms with Gasteiger partial charge in [0.1, 0.15) is 0 Å². The van der Waals surface area contributed by atoms with Crippen molar-refractivity contribution in [2.24, 2.45) is 5.92 Å². The van der Waals surface area contributed by atoms with Gasteiger partial charge in [0.25, 0.3) is 0 Å². The van der Waals surface area contributed by atoms with Crippen LogP contribution in [0.25, 0.3) is 0 Å². The van der Waals surface area contributed by atoms with Crippen molar-refractivity contribution in [2.75, 3.05) is 20.1 Å². The molecule has 1 aliphatic carbocycles. The number of rotatable bonds is 2. The molecule has 0 atom stereocenters. The number of likely N-dealkylation sites (N-methyl/N-ethyl adjacent to an activating group) is 1. The molecule has 0 bridgehead atoms. The molecule has 2 heteroatoms. The predicted molar refractivity (Wildman–Crippen MR) is 46.6 cm³/mol. The Bertz CT molecular complexity index is 118. The lowest BCUT2D eigenvalue weighted by molar-refractivity contribution is 0.119. The van der Waals surface area contributed by atoms with Gasteiger partial charge in [0.15, 0.2) is 0 Å². The molecule has 1 saturated carbocycles. The van der Waals surface area contributed by atoms with E-state index in [4.69, 9.17) is 0 Å². The molecule has 11 heavy (non-hydrogen) atoms. The first kappa shape index (κ1) is 7.56. The summed E-state index contributed by atoms with van der Waals surface area (Å²) in [5.41, 5.74) is 0. The lowest BCUT2D eigenvalue weighted by Crippen LogP contribution is -2.60. The molecule has 0 aromatic rings. The summed E-state index contributed by atoms with van der Waals surface area (Å²) < 4.78 is 0. The first-order valence-corrected chi connectivity index (χ1v) is 4.68. The summed E-state index contributed by atoms with van der Waals surface area (Å²) in [4.78, 5) is 2.36. The van der Waals surface area contributed by atoms with E-state index in [0.29, 0.717) is 0 Å². The fraction of sp³-hybridized carbons (Fsp3) is 1.00. The van der Waals surface area contributed by atoms with Gasteiger partial charge in [-0.2, -0.15) is 0 Å².